The Morgan fingerprint density at radius 2 is 2.33 bits per heavy atom. The molecule has 1 fully saturated rings. The molecule has 1 aromatic heterocycles. The molecular formula is C14H18N4O3. The molecule has 1 aromatic rings. The van der Waals surface area contributed by atoms with Gasteiger partial charge in [-0.15, -0.1) is 6.58 Å². The Labute approximate surface area is 122 Å². The van der Waals surface area contributed by atoms with Gasteiger partial charge in [-0.1, -0.05) is 6.08 Å². The highest BCUT2D eigenvalue weighted by atomic mass is 16.4. The van der Waals surface area contributed by atoms with Gasteiger partial charge in [0.1, 0.15) is 6.04 Å². The fraction of sp³-hybridized carbons (Fsp3) is 0.500. The molecule has 0 bridgehead atoms. The van der Waals surface area contributed by atoms with Crippen molar-refractivity contribution in [3.05, 3.63) is 30.4 Å². The number of urea groups is 1. The zero-order valence-corrected chi connectivity index (χ0v) is 11.7. The highest BCUT2D eigenvalue weighted by Crippen LogP contribution is 2.30. The number of H-pyrrole nitrogens is 1. The number of hydrogen-bond acceptors (Lipinski definition) is 3. The summed E-state index contributed by atoms with van der Waals surface area (Å²) in [6.07, 6.45) is 5.41. The fourth-order valence-electron chi connectivity index (χ4n) is 2.73. The lowest BCUT2D eigenvalue weighted by Crippen LogP contribution is -2.54. The first-order chi connectivity index (χ1) is 10.1. The Hall–Kier alpha value is -2.31. The van der Waals surface area contributed by atoms with Crippen molar-refractivity contribution in [1.82, 2.24) is 19.8 Å². The van der Waals surface area contributed by atoms with Crippen LogP contribution in [0.5, 0.6) is 0 Å². The number of amides is 2. The third kappa shape index (κ3) is 2.51. The van der Waals surface area contributed by atoms with E-state index in [1.54, 1.807) is 17.3 Å². The first-order valence-electron chi connectivity index (χ1n) is 7.04. The summed E-state index contributed by atoms with van der Waals surface area (Å²) in [6.45, 7) is 4.38. The highest BCUT2D eigenvalue weighted by Gasteiger charge is 2.41. The molecule has 2 amide bonds. The summed E-state index contributed by atoms with van der Waals surface area (Å²) in [5, 5.41) is 9.42. The predicted molar refractivity (Wildman–Crippen MR) is 74.6 cm³/mol. The van der Waals surface area contributed by atoms with Gasteiger partial charge in [0, 0.05) is 19.0 Å². The van der Waals surface area contributed by atoms with E-state index in [-0.39, 0.29) is 25.0 Å². The number of aromatic amines is 1. The summed E-state index contributed by atoms with van der Waals surface area (Å²) < 4.78 is 0. The number of aromatic nitrogens is 2. The van der Waals surface area contributed by atoms with Crippen molar-refractivity contribution in [3.63, 3.8) is 0 Å². The molecule has 1 saturated carbocycles. The zero-order valence-electron chi connectivity index (χ0n) is 11.7. The molecule has 0 spiro atoms. The van der Waals surface area contributed by atoms with Crippen molar-refractivity contribution < 1.29 is 14.7 Å². The smallest absolute Gasteiger partial charge is 0.326 e. The van der Waals surface area contributed by atoms with Crippen LogP contribution in [-0.2, 0) is 17.8 Å². The molecule has 0 aromatic carbocycles. The van der Waals surface area contributed by atoms with Gasteiger partial charge in [0.25, 0.3) is 0 Å². The van der Waals surface area contributed by atoms with Crippen molar-refractivity contribution in [2.75, 3.05) is 6.54 Å². The van der Waals surface area contributed by atoms with Gasteiger partial charge < -0.3 is 19.9 Å². The van der Waals surface area contributed by atoms with Crippen LogP contribution in [0.1, 0.15) is 24.2 Å². The standard InChI is InChI=1S/C14H18N4O3/c1-2-5-17(9-3-4-9)14(21)18-7-11-10(15-8-16-11)6-12(18)13(19)20/h2,8-9,12H,1,3-7H2,(H,15,16)(H,19,20). The highest BCUT2D eigenvalue weighted by molar-refractivity contribution is 5.84. The number of carboxylic acid groups (broad SMARTS) is 1. The predicted octanol–water partition coefficient (Wildman–Crippen LogP) is 0.991. The monoisotopic (exact) mass is 290 g/mol. The number of nitrogens with zero attached hydrogens (tertiary/aromatic N) is 3. The summed E-state index contributed by atoms with van der Waals surface area (Å²) in [5.41, 5.74) is 1.54. The van der Waals surface area contributed by atoms with E-state index in [1.165, 1.54) is 4.90 Å². The molecule has 2 N–H and O–H groups in total. The van der Waals surface area contributed by atoms with Gasteiger partial charge in [0.2, 0.25) is 0 Å². The second-order valence-corrected chi connectivity index (χ2v) is 5.47. The lowest BCUT2D eigenvalue weighted by atomic mass is 10.0. The van der Waals surface area contributed by atoms with Crippen LogP contribution in [0, 0.1) is 0 Å². The SMILES string of the molecule is C=CCN(C(=O)N1Cc2[nH]cnc2CC1C(=O)O)C1CC1. The maximum Gasteiger partial charge on any atom is 0.326 e. The molecule has 1 aliphatic heterocycles. The number of imidazole rings is 1. The van der Waals surface area contributed by atoms with Crippen LogP contribution in [-0.4, -0.2) is 55.5 Å². The summed E-state index contributed by atoms with van der Waals surface area (Å²) in [5.74, 6) is -0.994. The summed E-state index contributed by atoms with van der Waals surface area (Å²) >= 11 is 0. The van der Waals surface area contributed by atoms with Crippen LogP contribution in [0.15, 0.2) is 19.0 Å². The summed E-state index contributed by atoms with van der Waals surface area (Å²) in [6, 6.07) is -0.877. The lowest BCUT2D eigenvalue weighted by Gasteiger charge is -2.36. The topological polar surface area (TPSA) is 89.5 Å². The van der Waals surface area contributed by atoms with E-state index in [4.69, 9.17) is 0 Å². The molecule has 0 saturated heterocycles. The molecule has 21 heavy (non-hydrogen) atoms. The van der Waals surface area contributed by atoms with E-state index in [9.17, 15) is 14.7 Å². The van der Waals surface area contributed by atoms with Crippen molar-refractivity contribution in [1.29, 1.82) is 0 Å². The average Bonchev–Trinajstić information content (AvgIpc) is 3.20. The Morgan fingerprint density at radius 3 is 2.95 bits per heavy atom. The van der Waals surface area contributed by atoms with E-state index in [1.807, 2.05) is 0 Å². The van der Waals surface area contributed by atoms with Gasteiger partial charge in [-0.25, -0.2) is 14.6 Å². The van der Waals surface area contributed by atoms with Crippen LogP contribution in [0.3, 0.4) is 0 Å². The van der Waals surface area contributed by atoms with Crippen molar-refractivity contribution in [2.24, 2.45) is 0 Å². The second-order valence-electron chi connectivity index (χ2n) is 5.47. The maximum absolute atomic E-state index is 12.7. The van der Waals surface area contributed by atoms with Gasteiger partial charge in [0.05, 0.1) is 24.3 Å². The Kier molecular flexibility index (Phi) is 3.40. The lowest BCUT2D eigenvalue weighted by molar-refractivity contribution is -0.143. The normalized spacial score (nSPS) is 20.8. The summed E-state index contributed by atoms with van der Waals surface area (Å²) in [4.78, 5) is 34.5. The van der Waals surface area contributed by atoms with Crippen LogP contribution < -0.4 is 0 Å². The number of fused-ring (bicyclic) bond motifs is 1. The molecule has 2 aliphatic rings. The number of carbonyl (C=O) groups is 2. The molecule has 1 aliphatic carbocycles. The first-order valence-corrected chi connectivity index (χ1v) is 7.04. The Balaban J connectivity index is 1.85. The largest absolute Gasteiger partial charge is 0.480 e. The second kappa shape index (κ2) is 5.23. The van der Waals surface area contributed by atoms with Crippen LogP contribution in [0.25, 0.3) is 0 Å². The maximum atomic E-state index is 12.7. The zero-order chi connectivity index (χ0) is 15.0. The molecule has 3 rings (SSSR count). The third-order valence-electron chi connectivity index (χ3n) is 3.99. The molecule has 1 unspecified atom stereocenters. The third-order valence-corrected chi connectivity index (χ3v) is 3.99. The van der Waals surface area contributed by atoms with E-state index in [0.29, 0.717) is 6.54 Å². The van der Waals surface area contributed by atoms with E-state index < -0.39 is 12.0 Å². The van der Waals surface area contributed by atoms with Crippen molar-refractivity contribution in [3.8, 4) is 0 Å². The van der Waals surface area contributed by atoms with E-state index >= 15 is 0 Å². The number of nitrogens with one attached hydrogen (secondary N) is 1. The van der Waals surface area contributed by atoms with Gasteiger partial charge in [0.15, 0.2) is 0 Å². The van der Waals surface area contributed by atoms with Crippen LogP contribution >= 0.6 is 0 Å². The molecular weight excluding hydrogens is 272 g/mol. The van der Waals surface area contributed by atoms with Crippen molar-refractivity contribution in [2.45, 2.75) is 37.9 Å². The Morgan fingerprint density at radius 1 is 1.57 bits per heavy atom. The number of hydrogen-bond donors (Lipinski definition) is 2. The van der Waals surface area contributed by atoms with Gasteiger partial charge in [-0.2, -0.15) is 0 Å². The first kappa shape index (κ1) is 13.7. The minimum Gasteiger partial charge on any atom is -0.480 e. The number of carboxylic acids is 1. The van der Waals surface area contributed by atoms with E-state index in [0.717, 1.165) is 24.2 Å². The Bertz CT molecular complexity index is 579. The minimum absolute atomic E-state index is 0.216. The summed E-state index contributed by atoms with van der Waals surface area (Å²) in [7, 11) is 0. The minimum atomic E-state index is -0.994. The number of aliphatic carboxylic acids is 1. The molecule has 7 nitrogen and oxygen atoms in total. The van der Waals surface area contributed by atoms with Crippen LogP contribution in [0.4, 0.5) is 4.79 Å². The molecule has 0 radical (unpaired) electrons. The fourth-order valence-corrected chi connectivity index (χ4v) is 2.73. The number of carbonyl (C=O) groups excluding carboxylic acids is 1. The van der Waals surface area contributed by atoms with Crippen molar-refractivity contribution >= 4 is 12.0 Å². The number of rotatable bonds is 4. The average molecular weight is 290 g/mol. The molecule has 2 heterocycles. The quantitative estimate of drug-likeness (QED) is 0.809. The van der Waals surface area contributed by atoms with Crippen LogP contribution in [0.2, 0.25) is 0 Å². The van der Waals surface area contributed by atoms with E-state index in [2.05, 4.69) is 16.5 Å². The van der Waals surface area contributed by atoms with Gasteiger partial charge in [-0.05, 0) is 12.8 Å². The molecule has 1 atom stereocenters. The molecule has 112 valence electrons. The van der Waals surface area contributed by atoms with Gasteiger partial charge in [-0.3, -0.25) is 0 Å². The van der Waals surface area contributed by atoms with Gasteiger partial charge >= 0.3 is 12.0 Å². The molecule has 7 heteroatoms.